The van der Waals surface area contributed by atoms with Crippen molar-refractivity contribution in [2.75, 3.05) is 49.6 Å². The number of carbonyl (C=O) groups excluding carboxylic acids is 1. The summed E-state index contributed by atoms with van der Waals surface area (Å²) in [7, 11) is 0. The van der Waals surface area contributed by atoms with E-state index in [0.29, 0.717) is 19.8 Å². The molecule has 1 amide bonds. The highest BCUT2D eigenvalue weighted by molar-refractivity contribution is 5.95. The van der Waals surface area contributed by atoms with E-state index < -0.39 is 0 Å². The van der Waals surface area contributed by atoms with Gasteiger partial charge < -0.3 is 19.7 Å². The highest BCUT2D eigenvalue weighted by Crippen LogP contribution is 2.38. The fraction of sp³-hybridized carbons (Fsp3) is 0.458. The fourth-order valence-electron chi connectivity index (χ4n) is 4.85. The van der Waals surface area contributed by atoms with Crippen LogP contribution in [0.4, 0.5) is 11.4 Å². The smallest absolute Gasteiger partial charge is 0.238 e. The van der Waals surface area contributed by atoms with E-state index in [1.165, 1.54) is 18.4 Å². The van der Waals surface area contributed by atoms with Crippen molar-refractivity contribution < 1.29 is 14.3 Å². The standard InChI is InChI=1S/C24H29N3O3/c28-24(25-19-6-1-2-7-21(19)26-11-3-4-12-26)17-27-13-5-8-20(27)18-9-10-22-23(16-18)30-15-14-29-22/h1-2,6-7,9-10,16,20H,3-5,8,11-15,17H2,(H,25,28)/t20-/m0/s1. The van der Waals surface area contributed by atoms with Gasteiger partial charge in [0.1, 0.15) is 13.2 Å². The molecule has 2 saturated heterocycles. The van der Waals surface area contributed by atoms with Crippen LogP contribution >= 0.6 is 0 Å². The molecular weight excluding hydrogens is 378 g/mol. The molecule has 0 unspecified atom stereocenters. The molecule has 2 aromatic carbocycles. The Labute approximate surface area is 177 Å². The Morgan fingerprint density at radius 1 is 0.967 bits per heavy atom. The van der Waals surface area contributed by atoms with Gasteiger partial charge >= 0.3 is 0 Å². The minimum atomic E-state index is 0.0473. The van der Waals surface area contributed by atoms with Crippen molar-refractivity contribution in [3.8, 4) is 11.5 Å². The van der Waals surface area contributed by atoms with Crippen LogP contribution in [-0.2, 0) is 4.79 Å². The maximum atomic E-state index is 12.9. The molecule has 0 aliphatic carbocycles. The van der Waals surface area contributed by atoms with Crippen LogP contribution in [0.2, 0.25) is 0 Å². The summed E-state index contributed by atoms with van der Waals surface area (Å²) in [5, 5.41) is 3.17. The predicted octanol–water partition coefficient (Wildman–Crippen LogP) is 3.83. The second-order valence-corrected chi connectivity index (χ2v) is 8.29. The van der Waals surface area contributed by atoms with Gasteiger partial charge in [-0.15, -0.1) is 0 Å². The number of likely N-dealkylation sites (tertiary alicyclic amines) is 1. The monoisotopic (exact) mass is 407 g/mol. The number of anilines is 2. The number of amides is 1. The van der Waals surface area contributed by atoms with Crippen molar-refractivity contribution in [3.05, 3.63) is 48.0 Å². The first-order valence-corrected chi connectivity index (χ1v) is 11.1. The summed E-state index contributed by atoms with van der Waals surface area (Å²) in [5.41, 5.74) is 3.25. The number of nitrogens with one attached hydrogen (secondary N) is 1. The third-order valence-corrected chi connectivity index (χ3v) is 6.29. The van der Waals surface area contributed by atoms with Crippen molar-refractivity contribution in [1.82, 2.24) is 4.90 Å². The zero-order chi connectivity index (χ0) is 20.3. The minimum Gasteiger partial charge on any atom is -0.486 e. The third kappa shape index (κ3) is 3.97. The fourth-order valence-corrected chi connectivity index (χ4v) is 4.85. The molecule has 3 heterocycles. The number of ether oxygens (including phenoxy) is 2. The molecule has 0 aromatic heterocycles. The highest BCUT2D eigenvalue weighted by atomic mass is 16.6. The normalized spacial score (nSPS) is 21.1. The van der Waals surface area contributed by atoms with Crippen LogP contribution in [0.25, 0.3) is 0 Å². The van der Waals surface area contributed by atoms with Crippen LogP contribution in [0.5, 0.6) is 11.5 Å². The average molecular weight is 408 g/mol. The van der Waals surface area contributed by atoms with Crippen LogP contribution in [0.3, 0.4) is 0 Å². The third-order valence-electron chi connectivity index (χ3n) is 6.29. The van der Waals surface area contributed by atoms with Gasteiger partial charge in [0, 0.05) is 19.1 Å². The van der Waals surface area contributed by atoms with Gasteiger partial charge in [-0.25, -0.2) is 0 Å². The van der Waals surface area contributed by atoms with Gasteiger partial charge in [-0.05, 0) is 62.1 Å². The molecule has 0 spiro atoms. The zero-order valence-electron chi connectivity index (χ0n) is 17.3. The Bertz CT molecular complexity index is 910. The molecular formula is C24H29N3O3. The summed E-state index contributed by atoms with van der Waals surface area (Å²) >= 11 is 0. The molecule has 6 nitrogen and oxygen atoms in total. The Hall–Kier alpha value is -2.73. The first kappa shape index (κ1) is 19.2. The van der Waals surface area contributed by atoms with Gasteiger partial charge in [-0.3, -0.25) is 9.69 Å². The molecule has 158 valence electrons. The van der Waals surface area contributed by atoms with Crippen LogP contribution < -0.4 is 19.7 Å². The van der Waals surface area contributed by atoms with Gasteiger partial charge in [0.2, 0.25) is 5.91 Å². The SMILES string of the molecule is O=C(CN1CCC[C@H]1c1ccc2c(c1)OCCO2)Nc1ccccc1N1CCCC1. The number of hydrogen-bond donors (Lipinski definition) is 1. The molecule has 0 saturated carbocycles. The average Bonchev–Trinajstić information content (AvgIpc) is 3.46. The maximum Gasteiger partial charge on any atom is 0.238 e. The molecule has 0 bridgehead atoms. The van der Waals surface area contributed by atoms with E-state index in [1.54, 1.807) is 0 Å². The van der Waals surface area contributed by atoms with Crippen molar-refractivity contribution in [3.63, 3.8) is 0 Å². The Morgan fingerprint density at radius 2 is 1.77 bits per heavy atom. The first-order chi connectivity index (χ1) is 14.8. The van der Waals surface area contributed by atoms with Gasteiger partial charge in [0.25, 0.3) is 0 Å². The highest BCUT2D eigenvalue weighted by Gasteiger charge is 2.29. The van der Waals surface area contributed by atoms with Crippen molar-refractivity contribution in [2.45, 2.75) is 31.7 Å². The number of hydrogen-bond acceptors (Lipinski definition) is 5. The summed E-state index contributed by atoms with van der Waals surface area (Å²) in [5.74, 6) is 1.67. The lowest BCUT2D eigenvalue weighted by molar-refractivity contribution is -0.117. The summed E-state index contributed by atoms with van der Waals surface area (Å²) < 4.78 is 11.4. The molecule has 3 aliphatic heterocycles. The van der Waals surface area contributed by atoms with Crippen LogP contribution in [0.15, 0.2) is 42.5 Å². The van der Waals surface area contributed by atoms with Crippen LogP contribution in [-0.4, -0.2) is 50.2 Å². The van der Waals surface area contributed by atoms with E-state index in [1.807, 2.05) is 24.3 Å². The summed E-state index contributed by atoms with van der Waals surface area (Å²) in [6.07, 6.45) is 4.58. The second-order valence-electron chi connectivity index (χ2n) is 8.29. The second kappa shape index (κ2) is 8.56. The van der Waals surface area contributed by atoms with Crippen molar-refractivity contribution >= 4 is 17.3 Å². The number of para-hydroxylation sites is 2. The molecule has 2 fully saturated rings. The van der Waals surface area contributed by atoms with E-state index in [2.05, 4.69) is 33.3 Å². The van der Waals surface area contributed by atoms with E-state index in [0.717, 1.165) is 55.3 Å². The van der Waals surface area contributed by atoms with E-state index in [4.69, 9.17) is 9.47 Å². The quantitative estimate of drug-likeness (QED) is 0.816. The molecule has 1 atom stereocenters. The zero-order valence-corrected chi connectivity index (χ0v) is 17.3. The number of rotatable bonds is 5. The van der Waals surface area contributed by atoms with E-state index in [9.17, 15) is 4.79 Å². The summed E-state index contributed by atoms with van der Waals surface area (Å²) in [6, 6.07) is 14.6. The Kier molecular flexibility index (Phi) is 5.49. The molecule has 3 aliphatic rings. The predicted molar refractivity (Wildman–Crippen MR) is 117 cm³/mol. The van der Waals surface area contributed by atoms with Gasteiger partial charge in [-0.2, -0.15) is 0 Å². The lowest BCUT2D eigenvalue weighted by Crippen LogP contribution is -2.33. The number of fused-ring (bicyclic) bond motifs is 1. The Morgan fingerprint density at radius 3 is 2.63 bits per heavy atom. The number of carbonyl (C=O) groups is 1. The van der Waals surface area contributed by atoms with E-state index >= 15 is 0 Å². The summed E-state index contributed by atoms with van der Waals surface area (Å²) in [6.45, 7) is 4.63. The first-order valence-electron chi connectivity index (χ1n) is 11.1. The molecule has 2 aromatic rings. The largest absolute Gasteiger partial charge is 0.486 e. The van der Waals surface area contributed by atoms with Crippen molar-refractivity contribution in [1.29, 1.82) is 0 Å². The van der Waals surface area contributed by atoms with Crippen LogP contribution in [0, 0.1) is 0 Å². The van der Waals surface area contributed by atoms with Crippen LogP contribution in [0.1, 0.15) is 37.3 Å². The van der Waals surface area contributed by atoms with Gasteiger partial charge in [0.05, 0.1) is 17.9 Å². The number of nitrogens with zero attached hydrogens (tertiary/aromatic N) is 2. The molecule has 6 heteroatoms. The molecule has 0 radical (unpaired) electrons. The van der Waals surface area contributed by atoms with Gasteiger partial charge in [-0.1, -0.05) is 18.2 Å². The van der Waals surface area contributed by atoms with Crippen molar-refractivity contribution in [2.24, 2.45) is 0 Å². The lowest BCUT2D eigenvalue weighted by atomic mass is 10.0. The maximum absolute atomic E-state index is 12.9. The molecule has 30 heavy (non-hydrogen) atoms. The lowest BCUT2D eigenvalue weighted by Gasteiger charge is -2.27. The topological polar surface area (TPSA) is 54.0 Å². The number of benzene rings is 2. The summed E-state index contributed by atoms with van der Waals surface area (Å²) in [4.78, 5) is 17.6. The van der Waals surface area contributed by atoms with Gasteiger partial charge in [0.15, 0.2) is 11.5 Å². The Balaban J connectivity index is 1.27. The van der Waals surface area contributed by atoms with E-state index in [-0.39, 0.29) is 11.9 Å². The molecule has 5 rings (SSSR count). The molecule has 1 N–H and O–H groups in total. The minimum absolute atomic E-state index is 0.0473.